The molecule has 0 atom stereocenters. The van der Waals surface area contributed by atoms with Crippen molar-refractivity contribution in [2.24, 2.45) is 0 Å². The van der Waals surface area contributed by atoms with Gasteiger partial charge >= 0.3 is 5.97 Å². The molecule has 1 aromatic rings. The van der Waals surface area contributed by atoms with Crippen LogP contribution in [0.25, 0.3) is 0 Å². The molecule has 1 heterocycles. The molecule has 0 saturated carbocycles. The third kappa shape index (κ3) is 2.89. The highest BCUT2D eigenvalue weighted by Gasteiger charge is 2.04. The van der Waals surface area contributed by atoms with Gasteiger partial charge in [0.1, 0.15) is 5.76 Å². The molecule has 0 radical (unpaired) electrons. The van der Waals surface area contributed by atoms with Gasteiger partial charge in [0.2, 0.25) is 5.76 Å². The summed E-state index contributed by atoms with van der Waals surface area (Å²) >= 11 is 0. The molecule has 0 bridgehead atoms. The summed E-state index contributed by atoms with van der Waals surface area (Å²) in [4.78, 5) is 10.1. The fourth-order valence-corrected chi connectivity index (χ4v) is 0.549. The van der Waals surface area contributed by atoms with Crippen molar-refractivity contribution in [1.29, 1.82) is 0 Å². The molecular weight excluding hydrogens is 144 g/mol. The van der Waals surface area contributed by atoms with Gasteiger partial charge < -0.3 is 9.52 Å². The number of aryl methyl sites for hydroxylation is 1. The molecule has 62 valence electrons. The van der Waals surface area contributed by atoms with Gasteiger partial charge in [-0.3, -0.25) is 0 Å². The van der Waals surface area contributed by atoms with Gasteiger partial charge in [-0.05, 0) is 19.1 Å². The predicted molar refractivity (Wildman–Crippen MR) is 41.8 cm³/mol. The molecule has 0 spiro atoms. The van der Waals surface area contributed by atoms with E-state index in [1.807, 2.05) is 13.8 Å². The topological polar surface area (TPSA) is 50.4 Å². The molecule has 0 fully saturated rings. The summed E-state index contributed by atoms with van der Waals surface area (Å²) in [5, 5.41) is 8.30. The summed E-state index contributed by atoms with van der Waals surface area (Å²) in [5.41, 5.74) is 0. The Balaban J connectivity index is 0.000000461. The van der Waals surface area contributed by atoms with Crippen LogP contribution in [0.3, 0.4) is 0 Å². The van der Waals surface area contributed by atoms with Gasteiger partial charge in [0.05, 0.1) is 0 Å². The van der Waals surface area contributed by atoms with Crippen LogP contribution in [0, 0.1) is 6.92 Å². The third-order valence-corrected chi connectivity index (χ3v) is 0.951. The van der Waals surface area contributed by atoms with Crippen molar-refractivity contribution >= 4 is 5.97 Å². The molecular formula is C8H12O3. The second-order valence-corrected chi connectivity index (χ2v) is 1.72. The smallest absolute Gasteiger partial charge is 0.371 e. The zero-order valence-corrected chi connectivity index (χ0v) is 6.92. The van der Waals surface area contributed by atoms with Crippen molar-refractivity contribution in [1.82, 2.24) is 0 Å². The van der Waals surface area contributed by atoms with Gasteiger partial charge in [-0.15, -0.1) is 0 Å². The Kier molecular flexibility index (Phi) is 4.03. The summed E-state index contributed by atoms with van der Waals surface area (Å²) in [6.07, 6.45) is 0. The summed E-state index contributed by atoms with van der Waals surface area (Å²) in [5.74, 6) is -0.414. The molecule has 0 unspecified atom stereocenters. The van der Waals surface area contributed by atoms with E-state index in [4.69, 9.17) is 9.52 Å². The average Bonchev–Trinajstić information content (AvgIpc) is 2.40. The second-order valence-electron chi connectivity index (χ2n) is 1.72. The van der Waals surface area contributed by atoms with Crippen LogP contribution >= 0.6 is 0 Å². The highest BCUT2D eigenvalue weighted by atomic mass is 16.4. The van der Waals surface area contributed by atoms with Crippen LogP contribution in [0.2, 0.25) is 0 Å². The first-order valence-electron chi connectivity index (χ1n) is 3.50. The number of furan rings is 1. The summed E-state index contributed by atoms with van der Waals surface area (Å²) < 4.78 is 4.75. The van der Waals surface area contributed by atoms with E-state index in [1.54, 1.807) is 13.0 Å². The third-order valence-electron chi connectivity index (χ3n) is 0.951. The first kappa shape index (κ1) is 9.75. The predicted octanol–water partition coefficient (Wildman–Crippen LogP) is 2.31. The van der Waals surface area contributed by atoms with E-state index in [0.717, 1.165) is 0 Å². The maximum absolute atomic E-state index is 10.1. The molecule has 1 N–H and O–H groups in total. The average molecular weight is 156 g/mol. The summed E-state index contributed by atoms with van der Waals surface area (Å²) in [7, 11) is 0. The largest absolute Gasteiger partial charge is 0.475 e. The lowest BCUT2D eigenvalue weighted by Crippen LogP contribution is -1.91. The van der Waals surface area contributed by atoms with Gasteiger partial charge in [0, 0.05) is 0 Å². The van der Waals surface area contributed by atoms with E-state index >= 15 is 0 Å². The lowest BCUT2D eigenvalue weighted by atomic mass is 10.4. The Labute approximate surface area is 65.6 Å². The second kappa shape index (κ2) is 4.55. The number of carbonyl (C=O) groups is 1. The quantitative estimate of drug-likeness (QED) is 0.678. The number of aromatic carboxylic acids is 1. The first-order chi connectivity index (χ1) is 5.20. The number of hydrogen-bond acceptors (Lipinski definition) is 2. The molecule has 0 aromatic carbocycles. The maximum Gasteiger partial charge on any atom is 0.371 e. The normalized spacial score (nSPS) is 8.27. The number of rotatable bonds is 1. The molecule has 3 nitrogen and oxygen atoms in total. The molecule has 0 saturated heterocycles. The minimum atomic E-state index is -1.02. The Morgan fingerprint density at radius 1 is 1.45 bits per heavy atom. The molecule has 1 rings (SSSR count). The van der Waals surface area contributed by atoms with E-state index < -0.39 is 5.97 Å². The van der Waals surface area contributed by atoms with E-state index in [1.165, 1.54) is 6.07 Å². The number of hydrogen-bond donors (Lipinski definition) is 1. The minimum absolute atomic E-state index is 0.00694. The van der Waals surface area contributed by atoms with Crippen LogP contribution in [0.15, 0.2) is 16.5 Å². The molecule has 11 heavy (non-hydrogen) atoms. The van der Waals surface area contributed by atoms with E-state index in [9.17, 15) is 4.79 Å². The lowest BCUT2D eigenvalue weighted by Gasteiger charge is -1.82. The Bertz CT molecular complexity index is 225. The fourth-order valence-electron chi connectivity index (χ4n) is 0.549. The van der Waals surface area contributed by atoms with E-state index in [-0.39, 0.29) is 5.76 Å². The highest BCUT2D eigenvalue weighted by Crippen LogP contribution is 2.04. The Morgan fingerprint density at radius 3 is 2.18 bits per heavy atom. The Hall–Kier alpha value is -1.25. The van der Waals surface area contributed by atoms with Crippen molar-refractivity contribution in [3.8, 4) is 0 Å². The summed E-state index contributed by atoms with van der Waals surface area (Å²) in [6, 6.07) is 3.04. The zero-order chi connectivity index (χ0) is 8.85. The molecule has 3 heteroatoms. The van der Waals surface area contributed by atoms with Gasteiger partial charge in [0.15, 0.2) is 0 Å². The fraction of sp³-hybridized carbons (Fsp3) is 0.375. The van der Waals surface area contributed by atoms with Crippen molar-refractivity contribution in [2.45, 2.75) is 20.8 Å². The van der Waals surface area contributed by atoms with Crippen molar-refractivity contribution in [3.63, 3.8) is 0 Å². The first-order valence-corrected chi connectivity index (χ1v) is 3.50. The number of carboxylic acid groups (broad SMARTS) is 1. The van der Waals surface area contributed by atoms with E-state index in [2.05, 4.69) is 0 Å². The van der Waals surface area contributed by atoms with Crippen LogP contribution in [0.5, 0.6) is 0 Å². The standard InChI is InChI=1S/C6H6O3.C2H6/c1-4-2-3-5(9-4)6(7)8;1-2/h2-3H,1H3,(H,7,8);1-2H3. The molecule has 1 aromatic heterocycles. The van der Waals surface area contributed by atoms with Crippen molar-refractivity contribution in [2.75, 3.05) is 0 Å². The van der Waals surface area contributed by atoms with Crippen LogP contribution in [-0.4, -0.2) is 11.1 Å². The van der Waals surface area contributed by atoms with Gasteiger partial charge in [-0.25, -0.2) is 4.79 Å². The Morgan fingerprint density at radius 2 is 2.00 bits per heavy atom. The van der Waals surface area contributed by atoms with Gasteiger partial charge in [-0.1, -0.05) is 13.8 Å². The molecule has 0 aliphatic carbocycles. The van der Waals surface area contributed by atoms with Crippen LogP contribution in [0.4, 0.5) is 0 Å². The highest BCUT2D eigenvalue weighted by molar-refractivity contribution is 5.84. The SMILES string of the molecule is CC.Cc1ccc(C(=O)O)o1. The zero-order valence-electron chi connectivity index (χ0n) is 6.92. The molecule has 0 aliphatic rings. The van der Waals surface area contributed by atoms with Crippen LogP contribution < -0.4 is 0 Å². The summed E-state index contributed by atoms with van der Waals surface area (Å²) in [6.45, 7) is 5.70. The van der Waals surface area contributed by atoms with Gasteiger partial charge in [-0.2, -0.15) is 0 Å². The molecule has 0 aliphatic heterocycles. The van der Waals surface area contributed by atoms with Crippen LogP contribution in [0.1, 0.15) is 30.2 Å². The lowest BCUT2D eigenvalue weighted by molar-refractivity contribution is 0.0661. The van der Waals surface area contributed by atoms with E-state index in [0.29, 0.717) is 5.76 Å². The van der Waals surface area contributed by atoms with Gasteiger partial charge in [0.25, 0.3) is 0 Å². The van der Waals surface area contributed by atoms with Crippen molar-refractivity contribution in [3.05, 3.63) is 23.7 Å². The monoisotopic (exact) mass is 156 g/mol. The minimum Gasteiger partial charge on any atom is -0.475 e. The molecule has 0 amide bonds. The maximum atomic E-state index is 10.1. The number of carboxylic acids is 1. The van der Waals surface area contributed by atoms with Crippen molar-refractivity contribution < 1.29 is 14.3 Å². The van der Waals surface area contributed by atoms with Crippen LogP contribution in [-0.2, 0) is 0 Å².